The molecule has 158 valence electrons. The van der Waals surface area contributed by atoms with Crippen molar-refractivity contribution in [3.8, 4) is 0 Å². The zero-order chi connectivity index (χ0) is 21.6. The lowest BCUT2D eigenvalue weighted by Gasteiger charge is -2.29. The normalized spacial score (nSPS) is 13.6. The van der Waals surface area contributed by atoms with Crippen molar-refractivity contribution in [1.82, 2.24) is 0 Å². The van der Waals surface area contributed by atoms with Crippen molar-refractivity contribution in [1.29, 1.82) is 0 Å². The van der Waals surface area contributed by atoms with Crippen molar-refractivity contribution in [2.24, 2.45) is 0 Å². The van der Waals surface area contributed by atoms with Gasteiger partial charge in [-0.2, -0.15) is 0 Å². The number of ether oxygens (including phenoxy) is 1. The van der Waals surface area contributed by atoms with Crippen LogP contribution in [0.4, 0.5) is 5.69 Å². The van der Waals surface area contributed by atoms with E-state index < -0.39 is 0 Å². The van der Waals surface area contributed by atoms with Crippen molar-refractivity contribution >= 4 is 16.8 Å². The Bertz CT molecular complexity index is 1120. The lowest BCUT2D eigenvalue weighted by Crippen LogP contribution is -2.36. The molecule has 1 aliphatic heterocycles. The van der Waals surface area contributed by atoms with Crippen molar-refractivity contribution < 1.29 is 4.74 Å². The van der Waals surface area contributed by atoms with E-state index in [1.165, 1.54) is 39.1 Å². The summed E-state index contributed by atoms with van der Waals surface area (Å²) in [5.74, 6) is 0. The fourth-order valence-electron chi connectivity index (χ4n) is 4.39. The maximum absolute atomic E-state index is 5.52. The Morgan fingerprint density at radius 3 is 1.25 bits per heavy atom. The van der Waals surface area contributed by atoms with Crippen LogP contribution in [0, 0.1) is 0 Å². The lowest BCUT2D eigenvalue weighted by molar-refractivity contribution is 0.122. The molecule has 0 amide bonds. The summed E-state index contributed by atoms with van der Waals surface area (Å²) < 4.78 is 5.52. The van der Waals surface area contributed by atoms with Crippen LogP contribution in [0.1, 0.15) is 22.3 Å². The van der Waals surface area contributed by atoms with E-state index >= 15 is 0 Å². The van der Waals surface area contributed by atoms with E-state index in [1.807, 2.05) is 0 Å². The van der Waals surface area contributed by atoms with Crippen molar-refractivity contribution in [3.63, 3.8) is 0 Å². The summed E-state index contributed by atoms with van der Waals surface area (Å²) in [6, 6.07) is 41.2. The largest absolute Gasteiger partial charge is 0.378 e. The predicted molar refractivity (Wildman–Crippen MR) is 134 cm³/mol. The standard InChI is InChI=1S/C30H27NO/c1-4-10-24(11-5-1)29(25-12-6-2-7-13-25)30(26-14-8-3-9-15-26)27-16-18-28(19-17-27)31-20-22-32-23-21-31/h1-19H,20-23H2. The SMILES string of the molecule is c1ccc(C(=C(c2ccccc2)c2ccc(N3CCOCC3)cc2)c2ccccc2)cc1. The van der Waals surface area contributed by atoms with Crippen LogP contribution in [-0.2, 0) is 4.74 Å². The molecule has 4 aromatic rings. The highest BCUT2D eigenvalue weighted by Crippen LogP contribution is 2.37. The minimum absolute atomic E-state index is 0.795. The van der Waals surface area contributed by atoms with Gasteiger partial charge in [0.25, 0.3) is 0 Å². The molecule has 0 saturated carbocycles. The van der Waals surface area contributed by atoms with E-state index in [0.29, 0.717) is 0 Å². The molecule has 0 aromatic heterocycles. The van der Waals surface area contributed by atoms with Gasteiger partial charge in [-0.25, -0.2) is 0 Å². The molecule has 0 unspecified atom stereocenters. The first-order chi connectivity index (χ1) is 15.9. The van der Waals surface area contributed by atoms with Gasteiger partial charge < -0.3 is 9.64 Å². The van der Waals surface area contributed by atoms with Gasteiger partial charge in [0.15, 0.2) is 0 Å². The second-order valence-corrected chi connectivity index (χ2v) is 7.99. The molecule has 32 heavy (non-hydrogen) atoms. The molecule has 0 radical (unpaired) electrons. The van der Waals surface area contributed by atoms with Gasteiger partial charge in [0, 0.05) is 18.8 Å². The molecule has 2 heteroatoms. The minimum atomic E-state index is 0.795. The first-order valence-corrected chi connectivity index (χ1v) is 11.2. The minimum Gasteiger partial charge on any atom is -0.378 e. The van der Waals surface area contributed by atoms with Crippen LogP contribution in [0.2, 0.25) is 0 Å². The Morgan fingerprint density at radius 1 is 0.469 bits per heavy atom. The maximum Gasteiger partial charge on any atom is 0.0642 e. The molecule has 1 fully saturated rings. The van der Waals surface area contributed by atoms with Crippen molar-refractivity contribution in [2.75, 3.05) is 31.2 Å². The van der Waals surface area contributed by atoms with E-state index in [2.05, 4.69) is 120 Å². The number of nitrogens with zero attached hydrogens (tertiary/aromatic N) is 1. The molecule has 0 aliphatic carbocycles. The number of hydrogen-bond acceptors (Lipinski definition) is 2. The first-order valence-electron chi connectivity index (χ1n) is 11.2. The third-order valence-electron chi connectivity index (χ3n) is 5.97. The highest BCUT2D eigenvalue weighted by molar-refractivity contribution is 6.04. The smallest absolute Gasteiger partial charge is 0.0642 e. The molecule has 0 N–H and O–H groups in total. The zero-order valence-electron chi connectivity index (χ0n) is 18.2. The van der Waals surface area contributed by atoms with E-state index in [0.717, 1.165) is 26.3 Å². The van der Waals surface area contributed by atoms with E-state index in [9.17, 15) is 0 Å². The van der Waals surface area contributed by atoms with E-state index in [4.69, 9.17) is 4.74 Å². The average molecular weight is 418 g/mol. The topological polar surface area (TPSA) is 12.5 Å². The quantitative estimate of drug-likeness (QED) is 0.342. The molecule has 1 aliphatic rings. The third kappa shape index (κ3) is 4.37. The summed E-state index contributed by atoms with van der Waals surface area (Å²) in [7, 11) is 0. The Hall–Kier alpha value is -3.62. The molecule has 1 heterocycles. The lowest BCUT2D eigenvalue weighted by atomic mass is 9.86. The fourth-order valence-corrected chi connectivity index (χ4v) is 4.39. The zero-order valence-corrected chi connectivity index (χ0v) is 18.2. The summed E-state index contributed by atoms with van der Waals surface area (Å²) in [4.78, 5) is 2.40. The molecule has 2 nitrogen and oxygen atoms in total. The van der Waals surface area contributed by atoms with Gasteiger partial charge in [-0.05, 0) is 45.5 Å². The van der Waals surface area contributed by atoms with Gasteiger partial charge in [0.2, 0.25) is 0 Å². The summed E-state index contributed by atoms with van der Waals surface area (Å²) >= 11 is 0. The van der Waals surface area contributed by atoms with Gasteiger partial charge in [0.1, 0.15) is 0 Å². The van der Waals surface area contributed by atoms with Crippen LogP contribution in [0.3, 0.4) is 0 Å². The number of anilines is 1. The first kappa shape index (κ1) is 20.3. The Labute approximate surface area is 190 Å². The van der Waals surface area contributed by atoms with Crippen LogP contribution in [0.25, 0.3) is 11.1 Å². The molecule has 4 aromatic carbocycles. The van der Waals surface area contributed by atoms with Crippen LogP contribution in [-0.4, -0.2) is 26.3 Å². The molecular formula is C30H27NO. The van der Waals surface area contributed by atoms with Crippen molar-refractivity contribution in [2.45, 2.75) is 0 Å². The number of benzene rings is 4. The second kappa shape index (κ2) is 9.67. The summed E-state index contributed by atoms with van der Waals surface area (Å²) in [5.41, 5.74) is 8.62. The van der Waals surface area contributed by atoms with Gasteiger partial charge in [-0.1, -0.05) is 103 Å². The monoisotopic (exact) mass is 417 g/mol. The van der Waals surface area contributed by atoms with Crippen LogP contribution >= 0.6 is 0 Å². The van der Waals surface area contributed by atoms with Crippen molar-refractivity contribution in [3.05, 3.63) is 138 Å². The van der Waals surface area contributed by atoms with Gasteiger partial charge in [-0.3, -0.25) is 0 Å². The third-order valence-corrected chi connectivity index (χ3v) is 5.97. The van der Waals surface area contributed by atoms with E-state index in [1.54, 1.807) is 0 Å². The molecule has 5 rings (SSSR count). The molecule has 0 spiro atoms. The second-order valence-electron chi connectivity index (χ2n) is 7.99. The van der Waals surface area contributed by atoms with Crippen LogP contribution in [0.15, 0.2) is 115 Å². The molecular weight excluding hydrogens is 390 g/mol. The number of morpholine rings is 1. The maximum atomic E-state index is 5.52. The van der Waals surface area contributed by atoms with Gasteiger partial charge in [-0.15, -0.1) is 0 Å². The Kier molecular flexibility index (Phi) is 6.13. The van der Waals surface area contributed by atoms with Gasteiger partial charge in [0.05, 0.1) is 13.2 Å². The highest BCUT2D eigenvalue weighted by Gasteiger charge is 2.17. The molecule has 1 saturated heterocycles. The molecule has 0 bridgehead atoms. The number of hydrogen-bond donors (Lipinski definition) is 0. The summed E-state index contributed by atoms with van der Waals surface area (Å²) in [6.07, 6.45) is 0. The average Bonchev–Trinajstić information content (AvgIpc) is 2.89. The number of rotatable bonds is 5. The summed E-state index contributed by atoms with van der Waals surface area (Å²) in [6.45, 7) is 3.48. The Morgan fingerprint density at radius 2 is 0.844 bits per heavy atom. The highest BCUT2D eigenvalue weighted by atomic mass is 16.5. The molecule has 0 atom stereocenters. The van der Waals surface area contributed by atoms with Crippen LogP contribution < -0.4 is 4.90 Å². The van der Waals surface area contributed by atoms with E-state index in [-0.39, 0.29) is 0 Å². The summed E-state index contributed by atoms with van der Waals surface area (Å²) in [5, 5.41) is 0. The predicted octanol–water partition coefficient (Wildman–Crippen LogP) is 6.53. The van der Waals surface area contributed by atoms with Gasteiger partial charge >= 0.3 is 0 Å². The van der Waals surface area contributed by atoms with Crippen LogP contribution in [0.5, 0.6) is 0 Å². The Balaban J connectivity index is 1.70. The fraction of sp³-hybridized carbons (Fsp3) is 0.133.